The normalized spacial score (nSPS) is 23.4. The number of aromatic nitrogens is 2. The van der Waals surface area contributed by atoms with Gasteiger partial charge in [-0.2, -0.15) is 17.4 Å². The first-order valence-corrected chi connectivity index (χ1v) is 7.88. The smallest absolute Gasteiger partial charge is 0.280 e. The molecule has 1 aromatic rings. The zero-order chi connectivity index (χ0) is 13.9. The van der Waals surface area contributed by atoms with Crippen molar-refractivity contribution < 1.29 is 13.5 Å². The van der Waals surface area contributed by atoms with Gasteiger partial charge < -0.3 is 10.1 Å². The van der Waals surface area contributed by atoms with E-state index in [0.717, 1.165) is 12.8 Å². The molecule has 0 bridgehead atoms. The maximum atomic E-state index is 12.3. The number of imidazole rings is 1. The molecule has 7 nitrogen and oxygen atoms in total. The van der Waals surface area contributed by atoms with Crippen molar-refractivity contribution in [3.8, 4) is 0 Å². The quantitative estimate of drug-likeness (QED) is 0.718. The molecule has 0 saturated carbocycles. The summed E-state index contributed by atoms with van der Waals surface area (Å²) in [6.45, 7) is 2.04. The molecule has 1 aliphatic rings. The lowest BCUT2D eigenvalue weighted by Gasteiger charge is -2.34. The van der Waals surface area contributed by atoms with Crippen molar-refractivity contribution in [3.63, 3.8) is 0 Å². The molecule has 8 heteroatoms. The first-order chi connectivity index (χ1) is 9.04. The first kappa shape index (κ1) is 14.4. The van der Waals surface area contributed by atoms with Crippen molar-refractivity contribution in [1.82, 2.24) is 19.0 Å². The van der Waals surface area contributed by atoms with Gasteiger partial charge in [0.2, 0.25) is 0 Å². The van der Waals surface area contributed by atoms with Gasteiger partial charge in [0.25, 0.3) is 10.2 Å². The molecule has 1 aliphatic heterocycles. The second kappa shape index (κ2) is 6.00. The first-order valence-electron chi connectivity index (χ1n) is 6.44. The molecule has 0 spiro atoms. The molecule has 1 fully saturated rings. The fraction of sp³-hybridized carbons (Fsp3) is 0.727. The number of piperidine rings is 1. The summed E-state index contributed by atoms with van der Waals surface area (Å²) in [7, 11) is -3.61. The Bertz CT molecular complexity index is 488. The Balaban J connectivity index is 2.08. The van der Waals surface area contributed by atoms with Gasteiger partial charge in [0.15, 0.2) is 0 Å². The van der Waals surface area contributed by atoms with Crippen molar-refractivity contribution in [2.24, 2.45) is 0 Å². The molecule has 3 N–H and O–H groups in total. The predicted octanol–water partition coefficient (Wildman–Crippen LogP) is 0.152. The maximum absolute atomic E-state index is 12.3. The number of H-pyrrole nitrogens is 1. The lowest BCUT2D eigenvalue weighted by Crippen LogP contribution is -2.50. The fourth-order valence-electron chi connectivity index (χ4n) is 2.33. The van der Waals surface area contributed by atoms with E-state index in [9.17, 15) is 13.5 Å². The minimum absolute atomic E-state index is 0.143. The third kappa shape index (κ3) is 3.33. The van der Waals surface area contributed by atoms with E-state index >= 15 is 0 Å². The monoisotopic (exact) mass is 288 g/mol. The van der Waals surface area contributed by atoms with E-state index in [2.05, 4.69) is 14.7 Å². The number of hydrogen-bond acceptors (Lipinski definition) is 4. The van der Waals surface area contributed by atoms with E-state index < -0.39 is 16.3 Å². The maximum Gasteiger partial charge on any atom is 0.280 e. The Morgan fingerprint density at radius 2 is 2.42 bits per heavy atom. The topological polar surface area (TPSA) is 98.3 Å². The zero-order valence-electron chi connectivity index (χ0n) is 10.9. The Labute approximate surface area is 113 Å². The van der Waals surface area contributed by atoms with E-state index in [-0.39, 0.29) is 12.6 Å². The average molecular weight is 288 g/mol. The molecule has 0 aromatic carbocycles. The van der Waals surface area contributed by atoms with Crippen LogP contribution in [0.3, 0.4) is 0 Å². The van der Waals surface area contributed by atoms with Crippen LogP contribution in [-0.2, 0) is 10.2 Å². The third-order valence-electron chi connectivity index (χ3n) is 3.35. The van der Waals surface area contributed by atoms with E-state index in [1.807, 2.05) is 0 Å². The van der Waals surface area contributed by atoms with Crippen LogP contribution < -0.4 is 4.72 Å². The molecule has 1 saturated heterocycles. The van der Waals surface area contributed by atoms with E-state index in [1.54, 1.807) is 19.3 Å². The van der Waals surface area contributed by atoms with Crippen LogP contribution in [0.5, 0.6) is 0 Å². The Morgan fingerprint density at radius 3 is 3.05 bits per heavy atom. The summed E-state index contributed by atoms with van der Waals surface area (Å²) in [5.41, 5.74) is 0. The molecule has 0 radical (unpaired) electrons. The minimum atomic E-state index is -3.61. The van der Waals surface area contributed by atoms with Gasteiger partial charge >= 0.3 is 0 Å². The van der Waals surface area contributed by atoms with Crippen molar-refractivity contribution in [2.75, 3.05) is 13.2 Å². The zero-order valence-corrected chi connectivity index (χ0v) is 11.7. The summed E-state index contributed by atoms with van der Waals surface area (Å²) < 4.78 is 28.6. The molecule has 2 rings (SSSR count). The van der Waals surface area contributed by atoms with Crippen LogP contribution in [0, 0.1) is 0 Å². The molecule has 0 amide bonds. The molecular weight excluding hydrogens is 268 g/mol. The summed E-state index contributed by atoms with van der Waals surface area (Å²) >= 11 is 0. The number of rotatable bonds is 5. The number of aromatic amines is 1. The van der Waals surface area contributed by atoms with Crippen molar-refractivity contribution >= 4 is 10.2 Å². The Morgan fingerprint density at radius 1 is 1.63 bits per heavy atom. The lowest BCUT2D eigenvalue weighted by molar-refractivity contribution is 0.153. The highest BCUT2D eigenvalue weighted by Gasteiger charge is 2.33. The predicted molar refractivity (Wildman–Crippen MR) is 70.5 cm³/mol. The van der Waals surface area contributed by atoms with Gasteiger partial charge in [-0.1, -0.05) is 6.42 Å². The number of aliphatic hydroxyl groups excluding tert-OH is 1. The summed E-state index contributed by atoms with van der Waals surface area (Å²) in [6.07, 6.45) is 5.71. The summed E-state index contributed by atoms with van der Waals surface area (Å²) in [5, 5.41) is 9.29. The highest BCUT2D eigenvalue weighted by atomic mass is 32.2. The van der Waals surface area contributed by atoms with Crippen LogP contribution in [0.25, 0.3) is 0 Å². The number of hydrogen-bond donors (Lipinski definition) is 3. The molecule has 108 valence electrons. The van der Waals surface area contributed by atoms with Gasteiger partial charge in [0, 0.05) is 25.0 Å². The summed E-state index contributed by atoms with van der Waals surface area (Å²) in [4.78, 5) is 6.92. The number of nitrogens with one attached hydrogen (secondary N) is 2. The summed E-state index contributed by atoms with van der Waals surface area (Å²) in [6, 6.07) is -0.753. The van der Waals surface area contributed by atoms with Crippen LogP contribution in [0.15, 0.2) is 12.4 Å². The second-order valence-corrected chi connectivity index (χ2v) is 6.42. The third-order valence-corrected chi connectivity index (χ3v) is 5.10. The number of nitrogens with zero attached hydrogens (tertiary/aromatic N) is 2. The Hall–Kier alpha value is -0.960. The molecule has 2 unspecified atom stereocenters. The molecule has 1 aromatic heterocycles. The SMILES string of the molecule is CC(NS(=O)(=O)N1CCCCC1CO)c1ncc[nH]1. The van der Waals surface area contributed by atoms with Gasteiger partial charge in [-0.05, 0) is 19.8 Å². The largest absolute Gasteiger partial charge is 0.395 e. The minimum Gasteiger partial charge on any atom is -0.395 e. The summed E-state index contributed by atoms with van der Waals surface area (Å²) in [5.74, 6) is 0.570. The van der Waals surface area contributed by atoms with Gasteiger partial charge in [-0.25, -0.2) is 4.98 Å². The highest BCUT2D eigenvalue weighted by Crippen LogP contribution is 2.20. The van der Waals surface area contributed by atoms with Crippen LogP contribution in [0.2, 0.25) is 0 Å². The second-order valence-electron chi connectivity index (χ2n) is 4.76. The molecule has 0 aliphatic carbocycles. The van der Waals surface area contributed by atoms with Crippen LogP contribution in [0.1, 0.15) is 38.1 Å². The van der Waals surface area contributed by atoms with Crippen LogP contribution in [-0.4, -0.2) is 47.0 Å². The van der Waals surface area contributed by atoms with Crippen molar-refractivity contribution in [2.45, 2.75) is 38.3 Å². The average Bonchev–Trinajstić information content (AvgIpc) is 2.92. The highest BCUT2D eigenvalue weighted by molar-refractivity contribution is 7.87. The standard InChI is InChI=1S/C11H20N4O3S/c1-9(11-12-5-6-13-11)14-19(17,18)15-7-3-2-4-10(15)8-16/h5-6,9-10,14,16H,2-4,7-8H2,1H3,(H,12,13). The van der Waals surface area contributed by atoms with Crippen LogP contribution in [0.4, 0.5) is 0 Å². The van der Waals surface area contributed by atoms with Gasteiger partial charge in [-0.15, -0.1) is 0 Å². The van der Waals surface area contributed by atoms with E-state index in [1.165, 1.54) is 4.31 Å². The molecule has 2 heterocycles. The van der Waals surface area contributed by atoms with Crippen molar-refractivity contribution in [1.29, 1.82) is 0 Å². The Kier molecular flexibility index (Phi) is 4.56. The molecular formula is C11H20N4O3S. The van der Waals surface area contributed by atoms with E-state index in [0.29, 0.717) is 18.8 Å². The van der Waals surface area contributed by atoms with Gasteiger partial charge in [0.1, 0.15) is 5.82 Å². The van der Waals surface area contributed by atoms with Crippen LogP contribution >= 0.6 is 0 Å². The van der Waals surface area contributed by atoms with Crippen molar-refractivity contribution in [3.05, 3.63) is 18.2 Å². The fourth-order valence-corrected chi connectivity index (χ4v) is 3.96. The number of aliphatic hydroxyl groups is 1. The van der Waals surface area contributed by atoms with Gasteiger partial charge in [-0.3, -0.25) is 0 Å². The molecule has 19 heavy (non-hydrogen) atoms. The molecule has 2 atom stereocenters. The lowest BCUT2D eigenvalue weighted by atomic mass is 10.1. The van der Waals surface area contributed by atoms with E-state index in [4.69, 9.17) is 0 Å². The van der Waals surface area contributed by atoms with Gasteiger partial charge in [0.05, 0.1) is 12.6 Å².